The minimum absolute atomic E-state index is 0.0326. The Morgan fingerprint density at radius 2 is 1.87 bits per heavy atom. The van der Waals surface area contributed by atoms with Crippen molar-refractivity contribution in [1.82, 2.24) is 10.3 Å². The van der Waals surface area contributed by atoms with Gasteiger partial charge in [-0.1, -0.05) is 6.07 Å². The molecular formula is C18H20N2O3. The van der Waals surface area contributed by atoms with Crippen molar-refractivity contribution < 1.29 is 14.3 Å². The minimum Gasteiger partial charge on any atom is -0.497 e. The first-order chi connectivity index (χ1) is 11.2. The van der Waals surface area contributed by atoms with E-state index in [0.29, 0.717) is 31.4 Å². The molecule has 0 fully saturated rings. The molecule has 0 bridgehead atoms. The Morgan fingerprint density at radius 1 is 1.09 bits per heavy atom. The molecule has 23 heavy (non-hydrogen) atoms. The van der Waals surface area contributed by atoms with E-state index in [-0.39, 0.29) is 11.7 Å². The van der Waals surface area contributed by atoms with Gasteiger partial charge in [-0.3, -0.25) is 14.6 Å². The number of benzene rings is 1. The first kappa shape index (κ1) is 16.7. The molecule has 0 aliphatic carbocycles. The van der Waals surface area contributed by atoms with Crippen LogP contribution >= 0.6 is 0 Å². The molecule has 0 aliphatic rings. The smallest absolute Gasteiger partial charge is 0.220 e. The number of nitrogens with one attached hydrogen (secondary N) is 1. The van der Waals surface area contributed by atoms with Crippen molar-refractivity contribution in [3.63, 3.8) is 0 Å². The first-order valence-electron chi connectivity index (χ1n) is 7.53. The topological polar surface area (TPSA) is 68.3 Å². The number of Topliss-reactive ketones (excluding diaryl/α,β-unsaturated/α-hetero) is 1. The predicted molar refractivity (Wildman–Crippen MR) is 87.3 cm³/mol. The molecular weight excluding hydrogens is 292 g/mol. The van der Waals surface area contributed by atoms with Gasteiger partial charge in [0.15, 0.2) is 5.78 Å². The Hall–Kier alpha value is -2.69. The number of ketones is 1. The zero-order valence-electron chi connectivity index (χ0n) is 13.1. The molecule has 0 unspecified atom stereocenters. The van der Waals surface area contributed by atoms with Crippen molar-refractivity contribution in [1.29, 1.82) is 0 Å². The highest BCUT2D eigenvalue weighted by Gasteiger charge is 2.08. The molecule has 1 heterocycles. The van der Waals surface area contributed by atoms with E-state index in [2.05, 4.69) is 10.3 Å². The number of ether oxygens (including phenoxy) is 1. The van der Waals surface area contributed by atoms with Crippen LogP contribution in [0.1, 0.15) is 35.3 Å². The van der Waals surface area contributed by atoms with Crippen LogP contribution in [-0.4, -0.2) is 23.8 Å². The summed E-state index contributed by atoms with van der Waals surface area (Å²) in [4.78, 5) is 27.9. The Kier molecular flexibility index (Phi) is 6.29. The fraction of sp³-hybridized carbons (Fsp3) is 0.278. The van der Waals surface area contributed by atoms with Crippen molar-refractivity contribution in [3.8, 4) is 5.75 Å². The zero-order valence-corrected chi connectivity index (χ0v) is 13.1. The number of hydrogen-bond acceptors (Lipinski definition) is 4. The molecule has 5 nitrogen and oxygen atoms in total. The lowest BCUT2D eigenvalue weighted by molar-refractivity contribution is -0.121. The van der Waals surface area contributed by atoms with E-state index in [1.807, 2.05) is 18.2 Å². The maximum Gasteiger partial charge on any atom is 0.220 e. The van der Waals surface area contributed by atoms with E-state index in [1.54, 1.807) is 37.6 Å². The summed E-state index contributed by atoms with van der Waals surface area (Å²) in [6, 6.07) is 12.6. The number of pyridine rings is 1. The van der Waals surface area contributed by atoms with Gasteiger partial charge in [-0.05, 0) is 42.8 Å². The average molecular weight is 312 g/mol. The number of rotatable bonds is 8. The molecule has 0 atom stereocenters. The number of hydrogen-bond donors (Lipinski definition) is 1. The average Bonchev–Trinajstić information content (AvgIpc) is 2.61. The van der Waals surface area contributed by atoms with Crippen LogP contribution in [0.5, 0.6) is 5.75 Å². The lowest BCUT2D eigenvalue weighted by Gasteiger charge is -2.05. The summed E-state index contributed by atoms with van der Waals surface area (Å²) in [6.45, 7) is 0.409. The Balaban J connectivity index is 1.69. The Labute approximate surface area is 135 Å². The Morgan fingerprint density at radius 3 is 2.52 bits per heavy atom. The highest BCUT2D eigenvalue weighted by molar-refractivity contribution is 5.96. The van der Waals surface area contributed by atoms with Crippen LogP contribution in [0, 0.1) is 0 Å². The molecule has 5 heteroatoms. The molecule has 0 saturated heterocycles. The van der Waals surface area contributed by atoms with Crippen molar-refractivity contribution in [2.75, 3.05) is 7.11 Å². The van der Waals surface area contributed by atoms with E-state index in [0.717, 1.165) is 11.4 Å². The van der Waals surface area contributed by atoms with Gasteiger partial charge in [0.25, 0.3) is 0 Å². The third-order valence-corrected chi connectivity index (χ3v) is 3.41. The van der Waals surface area contributed by atoms with Gasteiger partial charge in [0.1, 0.15) is 5.75 Å². The summed E-state index contributed by atoms with van der Waals surface area (Å²) in [5.41, 5.74) is 1.45. The third-order valence-electron chi connectivity index (χ3n) is 3.41. The lowest BCUT2D eigenvalue weighted by Crippen LogP contribution is -2.23. The maximum absolute atomic E-state index is 12.0. The van der Waals surface area contributed by atoms with Crippen LogP contribution < -0.4 is 10.1 Å². The molecule has 0 aliphatic heterocycles. The molecule has 120 valence electrons. The summed E-state index contributed by atoms with van der Waals surface area (Å²) in [6.07, 6.45) is 2.89. The number of carbonyl (C=O) groups is 2. The predicted octanol–water partition coefficient (Wildman–Crippen LogP) is 2.76. The lowest BCUT2D eigenvalue weighted by atomic mass is 10.1. The second-order valence-corrected chi connectivity index (χ2v) is 5.10. The van der Waals surface area contributed by atoms with Gasteiger partial charge < -0.3 is 10.1 Å². The van der Waals surface area contributed by atoms with Gasteiger partial charge in [-0.15, -0.1) is 0 Å². The van der Waals surface area contributed by atoms with E-state index in [1.165, 1.54) is 0 Å². The number of aromatic nitrogens is 1. The molecule has 1 N–H and O–H groups in total. The van der Waals surface area contributed by atoms with Crippen LogP contribution in [0.3, 0.4) is 0 Å². The highest BCUT2D eigenvalue weighted by Crippen LogP contribution is 2.13. The van der Waals surface area contributed by atoms with Crippen LogP contribution in [-0.2, 0) is 11.3 Å². The highest BCUT2D eigenvalue weighted by atomic mass is 16.5. The zero-order chi connectivity index (χ0) is 16.5. The van der Waals surface area contributed by atoms with Crippen LogP contribution in [0.2, 0.25) is 0 Å². The normalized spacial score (nSPS) is 10.1. The standard InChI is InChI=1S/C18H20N2O3/c1-23-16-10-8-14(9-11-16)17(21)6-4-7-18(22)20-13-15-5-2-3-12-19-15/h2-3,5,8-12H,4,6-7,13H2,1H3,(H,20,22). The fourth-order valence-corrected chi connectivity index (χ4v) is 2.11. The second kappa shape index (κ2) is 8.68. The third kappa shape index (κ3) is 5.54. The quantitative estimate of drug-likeness (QED) is 0.761. The van der Waals surface area contributed by atoms with Gasteiger partial charge in [-0.25, -0.2) is 0 Å². The Bertz CT molecular complexity index is 639. The van der Waals surface area contributed by atoms with E-state index < -0.39 is 0 Å². The molecule has 0 spiro atoms. The molecule has 2 aromatic rings. The van der Waals surface area contributed by atoms with E-state index in [4.69, 9.17) is 4.74 Å². The summed E-state index contributed by atoms with van der Waals surface area (Å²) in [5.74, 6) is 0.679. The van der Waals surface area contributed by atoms with E-state index >= 15 is 0 Å². The summed E-state index contributed by atoms with van der Waals surface area (Å²) >= 11 is 0. The summed E-state index contributed by atoms with van der Waals surface area (Å²) in [5, 5.41) is 2.80. The van der Waals surface area contributed by atoms with Crippen LogP contribution in [0.4, 0.5) is 0 Å². The van der Waals surface area contributed by atoms with Crippen molar-refractivity contribution in [2.24, 2.45) is 0 Å². The van der Waals surface area contributed by atoms with Crippen LogP contribution in [0.25, 0.3) is 0 Å². The summed E-state index contributed by atoms with van der Waals surface area (Å²) < 4.78 is 5.06. The first-order valence-corrected chi connectivity index (χ1v) is 7.53. The monoisotopic (exact) mass is 312 g/mol. The van der Waals surface area contributed by atoms with Gasteiger partial charge in [0.05, 0.1) is 19.3 Å². The largest absolute Gasteiger partial charge is 0.497 e. The SMILES string of the molecule is COc1ccc(C(=O)CCCC(=O)NCc2ccccn2)cc1. The van der Waals surface area contributed by atoms with Crippen molar-refractivity contribution >= 4 is 11.7 Å². The van der Waals surface area contributed by atoms with Gasteiger partial charge >= 0.3 is 0 Å². The molecule has 2 rings (SSSR count). The fourth-order valence-electron chi connectivity index (χ4n) is 2.11. The second-order valence-electron chi connectivity index (χ2n) is 5.10. The van der Waals surface area contributed by atoms with Gasteiger partial charge in [0, 0.05) is 24.6 Å². The number of nitrogens with zero attached hydrogens (tertiary/aromatic N) is 1. The number of methoxy groups -OCH3 is 1. The minimum atomic E-state index is -0.0711. The molecule has 0 radical (unpaired) electrons. The van der Waals surface area contributed by atoms with Gasteiger partial charge in [0.2, 0.25) is 5.91 Å². The summed E-state index contributed by atoms with van der Waals surface area (Å²) in [7, 11) is 1.58. The van der Waals surface area contributed by atoms with E-state index in [9.17, 15) is 9.59 Å². The van der Waals surface area contributed by atoms with Crippen molar-refractivity contribution in [2.45, 2.75) is 25.8 Å². The molecule has 1 aromatic heterocycles. The maximum atomic E-state index is 12.0. The molecule has 1 aromatic carbocycles. The number of carbonyl (C=O) groups excluding carboxylic acids is 2. The van der Waals surface area contributed by atoms with Crippen molar-refractivity contribution in [3.05, 3.63) is 59.9 Å². The number of amides is 1. The van der Waals surface area contributed by atoms with Gasteiger partial charge in [-0.2, -0.15) is 0 Å². The molecule has 1 amide bonds. The molecule has 0 saturated carbocycles. The van der Waals surface area contributed by atoms with Crippen LogP contribution in [0.15, 0.2) is 48.7 Å².